The zero-order chi connectivity index (χ0) is 11.0. The van der Waals surface area contributed by atoms with E-state index in [0.717, 1.165) is 22.8 Å². The van der Waals surface area contributed by atoms with Crippen LogP contribution in [0.3, 0.4) is 0 Å². The molecule has 0 saturated carbocycles. The lowest BCUT2D eigenvalue weighted by molar-refractivity contribution is -0.115. The van der Waals surface area contributed by atoms with Crippen LogP contribution in [-0.4, -0.2) is 35.8 Å². The molecule has 0 aliphatic rings. The van der Waals surface area contributed by atoms with E-state index in [9.17, 15) is 4.79 Å². The summed E-state index contributed by atoms with van der Waals surface area (Å²) in [5.74, 6) is 1.01. The van der Waals surface area contributed by atoms with Crippen molar-refractivity contribution in [2.24, 2.45) is 0 Å². The molecule has 0 rings (SSSR count). The van der Waals surface area contributed by atoms with Crippen LogP contribution in [0, 0.1) is 0 Å². The Bertz CT molecular complexity index is 207. The minimum Gasteiger partial charge on any atom is -0.396 e. The molecule has 3 nitrogen and oxygen atoms in total. The number of nitrogens with zero attached hydrogens (tertiary/aromatic N) is 1. The molecule has 0 saturated heterocycles. The van der Waals surface area contributed by atoms with Gasteiger partial charge in [0, 0.05) is 36.4 Å². The Morgan fingerprint density at radius 2 is 2.21 bits per heavy atom. The molecule has 1 amide bonds. The summed E-state index contributed by atoms with van der Waals surface area (Å²) in [5.41, 5.74) is 0.917. The van der Waals surface area contributed by atoms with Crippen molar-refractivity contribution in [2.45, 2.75) is 20.3 Å². The van der Waals surface area contributed by atoms with E-state index in [1.807, 2.05) is 6.92 Å². The van der Waals surface area contributed by atoms with E-state index in [1.54, 1.807) is 28.6 Å². The lowest BCUT2D eigenvalue weighted by atomic mass is 10.3. The van der Waals surface area contributed by atoms with Gasteiger partial charge in [0.1, 0.15) is 0 Å². The number of allylic oxidation sites excluding steroid dienone is 1. The van der Waals surface area contributed by atoms with E-state index < -0.39 is 0 Å². The highest BCUT2D eigenvalue weighted by Gasteiger charge is 2.06. The molecular weight excluding hydrogens is 218 g/mol. The van der Waals surface area contributed by atoms with Crippen molar-refractivity contribution >= 4 is 28.0 Å². The van der Waals surface area contributed by atoms with Crippen molar-refractivity contribution in [2.75, 3.05) is 19.4 Å². The first-order valence-electron chi connectivity index (χ1n) is 4.45. The predicted molar refractivity (Wildman–Crippen MR) is 64.0 cm³/mol. The Labute approximate surface area is 93.3 Å². The van der Waals surface area contributed by atoms with Gasteiger partial charge >= 0.3 is 0 Å². The summed E-state index contributed by atoms with van der Waals surface area (Å²) >= 11 is 0. The Morgan fingerprint density at radius 3 is 2.64 bits per heavy atom. The van der Waals surface area contributed by atoms with Crippen LogP contribution in [0.5, 0.6) is 0 Å². The smallest absolute Gasteiger partial charge is 0.213 e. The SMILES string of the molecule is CCSS/C(CCO)=C(/C)N(C)C=O. The molecule has 0 aromatic heterocycles. The molecule has 0 fully saturated rings. The van der Waals surface area contributed by atoms with Crippen LogP contribution >= 0.6 is 21.6 Å². The van der Waals surface area contributed by atoms with Crippen molar-refractivity contribution in [1.29, 1.82) is 0 Å². The fourth-order valence-corrected chi connectivity index (χ4v) is 2.88. The monoisotopic (exact) mass is 235 g/mol. The van der Waals surface area contributed by atoms with Crippen molar-refractivity contribution in [3.05, 3.63) is 10.6 Å². The largest absolute Gasteiger partial charge is 0.396 e. The molecule has 0 aliphatic carbocycles. The van der Waals surface area contributed by atoms with Crippen molar-refractivity contribution < 1.29 is 9.90 Å². The predicted octanol–water partition coefficient (Wildman–Crippen LogP) is 2.09. The second-order valence-corrected chi connectivity index (χ2v) is 5.37. The summed E-state index contributed by atoms with van der Waals surface area (Å²) in [6, 6.07) is 0. The maximum absolute atomic E-state index is 10.5. The average molecular weight is 235 g/mol. The van der Waals surface area contributed by atoms with Gasteiger partial charge in [0.15, 0.2) is 0 Å². The highest BCUT2D eigenvalue weighted by Crippen LogP contribution is 2.34. The summed E-state index contributed by atoms with van der Waals surface area (Å²) in [6.07, 6.45) is 1.39. The number of amides is 1. The van der Waals surface area contributed by atoms with Gasteiger partial charge in [-0.2, -0.15) is 0 Å². The first-order valence-corrected chi connectivity index (χ1v) is 6.77. The highest BCUT2D eigenvalue weighted by atomic mass is 33.1. The topological polar surface area (TPSA) is 40.5 Å². The normalized spacial score (nSPS) is 12.3. The molecule has 0 aromatic carbocycles. The minimum atomic E-state index is 0.122. The van der Waals surface area contributed by atoms with Crippen LogP contribution in [-0.2, 0) is 4.79 Å². The van der Waals surface area contributed by atoms with Gasteiger partial charge in [-0.15, -0.1) is 0 Å². The fourth-order valence-electron chi connectivity index (χ4n) is 0.790. The van der Waals surface area contributed by atoms with Gasteiger partial charge in [0.25, 0.3) is 0 Å². The van der Waals surface area contributed by atoms with Crippen LogP contribution in [0.15, 0.2) is 10.6 Å². The number of hydrogen-bond acceptors (Lipinski definition) is 4. The molecule has 0 spiro atoms. The molecule has 0 atom stereocenters. The lowest BCUT2D eigenvalue weighted by Gasteiger charge is -2.16. The molecule has 0 aliphatic heterocycles. The Morgan fingerprint density at radius 1 is 1.57 bits per heavy atom. The first-order chi connectivity index (χ1) is 6.67. The Hall–Kier alpha value is -0.130. The van der Waals surface area contributed by atoms with Gasteiger partial charge in [-0.05, 0) is 6.92 Å². The third-order valence-corrected chi connectivity index (χ3v) is 4.43. The maximum Gasteiger partial charge on any atom is 0.213 e. The molecule has 0 radical (unpaired) electrons. The molecule has 0 heterocycles. The van der Waals surface area contributed by atoms with Crippen LogP contribution < -0.4 is 0 Å². The Balaban J connectivity index is 4.47. The first kappa shape index (κ1) is 13.9. The number of aliphatic hydroxyl groups is 1. The average Bonchev–Trinajstić information content (AvgIpc) is 2.22. The molecule has 82 valence electrons. The number of aliphatic hydroxyl groups excluding tert-OH is 1. The highest BCUT2D eigenvalue weighted by molar-refractivity contribution is 8.78. The van der Waals surface area contributed by atoms with E-state index in [-0.39, 0.29) is 6.61 Å². The van der Waals surface area contributed by atoms with E-state index >= 15 is 0 Å². The van der Waals surface area contributed by atoms with Crippen molar-refractivity contribution in [3.63, 3.8) is 0 Å². The van der Waals surface area contributed by atoms with Crippen LogP contribution in [0.1, 0.15) is 20.3 Å². The van der Waals surface area contributed by atoms with Crippen molar-refractivity contribution in [1.82, 2.24) is 4.90 Å². The summed E-state index contributed by atoms with van der Waals surface area (Å²) < 4.78 is 0. The van der Waals surface area contributed by atoms with Gasteiger partial charge < -0.3 is 10.0 Å². The molecule has 0 aromatic rings. The van der Waals surface area contributed by atoms with Gasteiger partial charge in [-0.1, -0.05) is 28.5 Å². The molecule has 5 heteroatoms. The molecule has 0 unspecified atom stereocenters. The second-order valence-electron chi connectivity index (χ2n) is 2.69. The van der Waals surface area contributed by atoms with Gasteiger partial charge in [-0.3, -0.25) is 4.79 Å². The minimum absolute atomic E-state index is 0.122. The summed E-state index contributed by atoms with van der Waals surface area (Å²) in [6.45, 7) is 4.09. The lowest BCUT2D eigenvalue weighted by Crippen LogP contribution is -2.14. The second kappa shape index (κ2) is 8.20. The quantitative estimate of drug-likeness (QED) is 0.542. The van der Waals surface area contributed by atoms with E-state index in [2.05, 4.69) is 6.92 Å². The summed E-state index contributed by atoms with van der Waals surface area (Å²) in [5, 5.41) is 8.88. The van der Waals surface area contributed by atoms with Gasteiger partial charge in [-0.25, -0.2) is 0 Å². The van der Waals surface area contributed by atoms with E-state index in [4.69, 9.17) is 5.11 Å². The zero-order valence-electron chi connectivity index (χ0n) is 8.82. The zero-order valence-corrected chi connectivity index (χ0v) is 10.5. The van der Waals surface area contributed by atoms with Gasteiger partial charge in [0.2, 0.25) is 6.41 Å². The van der Waals surface area contributed by atoms with E-state index in [0.29, 0.717) is 6.42 Å². The summed E-state index contributed by atoms with van der Waals surface area (Å²) in [7, 11) is 5.07. The maximum atomic E-state index is 10.5. The molecular formula is C9H17NO2S2. The van der Waals surface area contributed by atoms with Crippen LogP contribution in [0.4, 0.5) is 0 Å². The third kappa shape index (κ3) is 4.93. The van der Waals surface area contributed by atoms with Crippen LogP contribution in [0.2, 0.25) is 0 Å². The number of hydrogen-bond donors (Lipinski definition) is 1. The standard InChI is InChI=1S/C9H17NO2S2/c1-4-13-14-9(5-6-11)8(2)10(3)7-12/h7,11H,4-6H2,1-3H3/b9-8-. The number of rotatable bonds is 7. The number of carbonyl (C=O) groups is 1. The van der Waals surface area contributed by atoms with Crippen LogP contribution in [0.25, 0.3) is 0 Å². The molecule has 1 N–H and O–H groups in total. The van der Waals surface area contributed by atoms with Gasteiger partial charge in [0.05, 0.1) is 0 Å². The fraction of sp³-hybridized carbons (Fsp3) is 0.667. The van der Waals surface area contributed by atoms with E-state index in [1.165, 1.54) is 4.90 Å². The molecule has 14 heavy (non-hydrogen) atoms. The third-order valence-electron chi connectivity index (χ3n) is 1.71. The van der Waals surface area contributed by atoms with Crippen molar-refractivity contribution in [3.8, 4) is 0 Å². The molecule has 0 bridgehead atoms. The Kier molecular flexibility index (Phi) is 8.12. The summed E-state index contributed by atoms with van der Waals surface area (Å²) in [4.78, 5) is 13.1. The number of carbonyl (C=O) groups excluding carboxylic acids is 1.